The number of halogens is 2. The van der Waals surface area contributed by atoms with Gasteiger partial charge in [0.05, 0.1) is 6.10 Å². The second kappa shape index (κ2) is 5.75. The van der Waals surface area contributed by atoms with E-state index >= 15 is 0 Å². The molecule has 1 heterocycles. The molecule has 0 radical (unpaired) electrons. The van der Waals surface area contributed by atoms with E-state index in [1.54, 1.807) is 0 Å². The molecule has 1 aromatic carbocycles. The molecule has 0 spiro atoms. The van der Waals surface area contributed by atoms with Crippen molar-refractivity contribution < 1.29 is 21.9 Å². The number of hydrogen-bond donors (Lipinski definition) is 0. The van der Waals surface area contributed by atoms with Crippen LogP contribution in [0.25, 0.3) is 0 Å². The molecule has 0 aliphatic carbocycles. The van der Waals surface area contributed by atoms with Crippen LogP contribution in [-0.4, -0.2) is 39.0 Å². The van der Waals surface area contributed by atoms with Gasteiger partial charge < -0.3 is 4.74 Å². The van der Waals surface area contributed by atoms with Crippen LogP contribution >= 0.6 is 0 Å². The van der Waals surface area contributed by atoms with Crippen LogP contribution in [0.1, 0.15) is 18.4 Å². The number of ether oxygens (including phenoxy) is 1. The highest BCUT2D eigenvalue weighted by Crippen LogP contribution is 2.25. The minimum Gasteiger partial charge on any atom is -0.380 e. The zero-order valence-electron chi connectivity index (χ0n) is 11.4. The Morgan fingerprint density at radius 3 is 2.65 bits per heavy atom. The summed E-state index contributed by atoms with van der Waals surface area (Å²) in [5, 5.41) is 0. The number of piperidine rings is 1. The van der Waals surface area contributed by atoms with E-state index in [9.17, 15) is 17.2 Å². The quantitative estimate of drug-likeness (QED) is 0.859. The van der Waals surface area contributed by atoms with Crippen LogP contribution in [0.3, 0.4) is 0 Å². The van der Waals surface area contributed by atoms with Gasteiger partial charge in [0.15, 0.2) is 0 Å². The Balaban J connectivity index is 2.37. The highest BCUT2D eigenvalue weighted by molar-refractivity contribution is 7.89. The standard InChI is InChI=1S/C13H17F2NO3S/c1-9-6-12(15)13(7-11(9)14)20(17,18)16-5-3-4-10(8-16)19-2/h6-7,10H,3-5,8H2,1-2H3/t10-/m0/s1. The summed E-state index contributed by atoms with van der Waals surface area (Å²) >= 11 is 0. The highest BCUT2D eigenvalue weighted by Gasteiger charge is 2.32. The van der Waals surface area contributed by atoms with Crippen LogP contribution < -0.4 is 0 Å². The second-order valence-corrected chi connectivity index (χ2v) is 6.80. The monoisotopic (exact) mass is 305 g/mol. The van der Waals surface area contributed by atoms with Crippen LogP contribution in [0, 0.1) is 18.6 Å². The van der Waals surface area contributed by atoms with Crippen LogP contribution in [0.4, 0.5) is 8.78 Å². The van der Waals surface area contributed by atoms with Gasteiger partial charge in [-0.1, -0.05) is 0 Å². The lowest BCUT2D eigenvalue weighted by molar-refractivity contribution is 0.0571. The molecule has 1 saturated heterocycles. The molecule has 0 N–H and O–H groups in total. The van der Waals surface area contributed by atoms with E-state index in [1.807, 2.05) is 0 Å². The molecule has 0 amide bonds. The Labute approximate surface area is 117 Å². The maximum Gasteiger partial charge on any atom is 0.246 e. The van der Waals surface area contributed by atoms with Crippen LogP contribution in [0.5, 0.6) is 0 Å². The third kappa shape index (κ3) is 2.84. The topological polar surface area (TPSA) is 46.6 Å². The van der Waals surface area contributed by atoms with Gasteiger partial charge in [-0.15, -0.1) is 0 Å². The number of hydrogen-bond acceptors (Lipinski definition) is 3. The van der Waals surface area contributed by atoms with Gasteiger partial charge in [-0.2, -0.15) is 4.31 Å². The molecular weight excluding hydrogens is 288 g/mol. The van der Waals surface area contributed by atoms with Crippen LogP contribution in [0.15, 0.2) is 17.0 Å². The molecule has 1 aliphatic heterocycles. The van der Waals surface area contributed by atoms with Crippen molar-refractivity contribution in [1.29, 1.82) is 0 Å². The van der Waals surface area contributed by atoms with Gasteiger partial charge in [0.2, 0.25) is 10.0 Å². The fourth-order valence-corrected chi connectivity index (χ4v) is 3.85. The van der Waals surface area contributed by atoms with Gasteiger partial charge in [0, 0.05) is 20.2 Å². The van der Waals surface area contributed by atoms with E-state index in [4.69, 9.17) is 4.74 Å². The Kier molecular flexibility index (Phi) is 4.41. The molecule has 0 saturated carbocycles. The van der Waals surface area contributed by atoms with Crippen molar-refractivity contribution in [2.45, 2.75) is 30.8 Å². The molecule has 2 rings (SSSR count). The summed E-state index contributed by atoms with van der Waals surface area (Å²) in [5.74, 6) is -1.66. The fourth-order valence-electron chi connectivity index (χ4n) is 2.28. The summed E-state index contributed by atoms with van der Waals surface area (Å²) in [7, 11) is -2.53. The van der Waals surface area contributed by atoms with E-state index < -0.39 is 26.6 Å². The van der Waals surface area contributed by atoms with Crippen molar-refractivity contribution in [1.82, 2.24) is 4.31 Å². The molecule has 20 heavy (non-hydrogen) atoms. The van der Waals surface area contributed by atoms with Crippen molar-refractivity contribution in [3.05, 3.63) is 29.3 Å². The lowest BCUT2D eigenvalue weighted by atomic mass is 10.1. The predicted octanol–water partition coefficient (Wildman–Crippen LogP) is 2.07. The fraction of sp³-hybridized carbons (Fsp3) is 0.538. The molecule has 1 aromatic rings. The molecule has 1 fully saturated rings. The number of sulfonamides is 1. The molecule has 4 nitrogen and oxygen atoms in total. The third-order valence-electron chi connectivity index (χ3n) is 3.51. The highest BCUT2D eigenvalue weighted by atomic mass is 32.2. The van der Waals surface area contributed by atoms with Crippen LogP contribution in [-0.2, 0) is 14.8 Å². The van der Waals surface area contributed by atoms with E-state index in [0.29, 0.717) is 6.42 Å². The minimum atomic E-state index is -4.04. The molecular formula is C13H17F2NO3S. The largest absolute Gasteiger partial charge is 0.380 e. The van der Waals surface area contributed by atoms with Gasteiger partial charge in [-0.3, -0.25) is 0 Å². The third-order valence-corrected chi connectivity index (χ3v) is 5.39. The average molecular weight is 305 g/mol. The Hall–Kier alpha value is -1.05. The molecule has 0 aromatic heterocycles. The van der Waals surface area contributed by atoms with E-state index in [1.165, 1.54) is 14.0 Å². The van der Waals surface area contributed by atoms with Gasteiger partial charge in [-0.05, 0) is 37.5 Å². The molecule has 0 bridgehead atoms. The molecule has 112 valence electrons. The van der Waals surface area contributed by atoms with E-state index in [-0.39, 0.29) is 24.8 Å². The second-order valence-electron chi connectivity index (χ2n) is 4.89. The van der Waals surface area contributed by atoms with Crippen molar-refractivity contribution in [2.24, 2.45) is 0 Å². The normalized spacial score (nSPS) is 21.1. The lowest BCUT2D eigenvalue weighted by Gasteiger charge is -2.31. The van der Waals surface area contributed by atoms with Crippen molar-refractivity contribution in [3.8, 4) is 0 Å². The summed E-state index contributed by atoms with van der Waals surface area (Å²) in [5.41, 5.74) is 0.0786. The van der Waals surface area contributed by atoms with Gasteiger partial charge in [-0.25, -0.2) is 17.2 Å². The van der Waals surface area contributed by atoms with Crippen molar-refractivity contribution >= 4 is 10.0 Å². The molecule has 7 heteroatoms. The number of methoxy groups -OCH3 is 1. The predicted molar refractivity (Wildman–Crippen MR) is 69.9 cm³/mol. The first-order valence-electron chi connectivity index (χ1n) is 6.35. The summed E-state index contributed by atoms with van der Waals surface area (Å²) in [4.78, 5) is -0.614. The Morgan fingerprint density at radius 1 is 1.30 bits per heavy atom. The van der Waals surface area contributed by atoms with Gasteiger partial charge in [0.1, 0.15) is 16.5 Å². The first-order valence-corrected chi connectivity index (χ1v) is 7.79. The number of rotatable bonds is 3. The first kappa shape index (κ1) is 15.3. The smallest absolute Gasteiger partial charge is 0.246 e. The lowest BCUT2D eigenvalue weighted by Crippen LogP contribution is -2.43. The Morgan fingerprint density at radius 2 is 2.00 bits per heavy atom. The number of aryl methyl sites for hydroxylation is 1. The van der Waals surface area contributed by atoms with Crippen molar-refractivity contribution in [3.63, 3.8) is 0 Å². The average Bonchev–Trinajstić information content (AvgIpc) is 2.42. The molecule has 1 aliphatic rings. The van der Waals surface area contributed by atoms with Crippen LogP contribution in [0.2, 0.25) is 0 Å². The van der Waals surface area contributed by atoms with Gasteiger partial charge in [0.25, 0.3) is 0 Å². The van der Waals surface area contributed by atoms with Gasteiger partial charge >= 0.3 is 0 Å². The molecule has 1 atom stereocenters. The summed E-state index contributed by atoms with van der Waals surface area (Å²) in [6.07, 6.45) is 1.18. The number of nitrogens with zero attached hydrogens (tertiary/aromatic N) is 1. The number of benzene rings is 1. The van der Waals surface area contributed by atoms with E-state index in [0.717, 1.165) is 22.9 Å². The summed E-state index contributed by atoms with van der Waals surface area (Å²) < 4.78 is 58.5. The minimum absolute atomic E-state index is 0.0786. The maximum absolute atomic E-state index is 13.9. The molecule has 0 unspecified atom stereocenters. The zero-order chi connectivity index (χ0) is 14.9. The van der Waals surface area contributed by atoms with E-state index in [2.05, 4.69) is 0 Å². The summed E-state index contributed by atoms with van der Waals surface area (Å²) in [6.45, 7) is 1.83. The first-order chi connectivity index (χ1) is 9.36. The zero-order valence-corrected chi connectivity index (χ0v) is 12.2. The maximum atomic E-state index is 13.9. The summed E-state index contributed by atoms with van der Waals surface area (Å²) in [6, 6.07) is 1.65. The van der Waals surface area contributed by atoms with Crippen molar-refractivity contribution in [2.75, 3.05) is 20.2 Å². The Bertz CT molecular complexity index is 604. The SMILES string of the molecule is CO[C@H]1CCCN(S(=O)(=O)c2cc(F)c(C)cc2F)C1.